The molecule has 0 aliphatic heterocycles. The summed E-state index contributed by atoms with van der Waals surface area (Å²) in [6, 6.07) is 0. The summed E-state index contributed by atoms with van der Waals surface area (Å²) in [4.78, 5) is 0. The van der Waals surface area contributed by atoms with Gasteiger partial charge in [-0.3, -0.25) is 0 Å². The molecule has 1 heteroatoms. The molecule has 0 spiro atoms. The van der Waals surface area contributed by atoms with Crippen molar-refractivity contribution in [3.05, 3.63) is 0 Å². The number of aliphatic hydroxyl groups excluding tert-OH is 1. The fraction of sp³-hybridized carbons (Fsp3) is 1.00. The minimum atomic E-state index is -0.102. The molecule has 0 unspecified atom stereocenters. The molecule has 0 aromatic heterocycles. The third kappa shape index (κ3) is 2.48. The first-order valence-corrected chi connectivity index (χ1v) is 4.69. The zero-order valence-corrected chi connectivity index (χ0v) is 7.93. The predicted molar refractivity (Wildman–Crippen MR) is 47.4 cm³/mol. The van der Waals surface area contributed by atoms with Crippen LogP contribution in [0.2, 0.25) is 0 Å². The van der Waals surface area contributed by atoms with Gasteiger partial charge in [-0.05, 0) is 37.5 Å². The van der Waals surface area contributed by atoms with Gasteiger partial charge in [-0.1, -0.05) is 20.3 Å². The third-order valence-electron chi connectivity index (χ3n) is 2.93. The highest BCUT2D eigenvalue weighted by atomic mass is 16.3. The molecule has 1 saturated carbocycles. The van der Waals surface area contributed by atoms with Crippen LogP contribution in [0.5, 0.6) is 0 Å². The highest BCUT2D eigenvalue weighted by molar-refractivity contribution is 4.81. The van der Waals surface area contributed by atoms with E-state index in [1.165, 1.54) is 25.7 Å². The second-order valence-corrected chi connectivity index (χ2v) is 4.76. The third-order valence-corrected chi connectivity index (χ3v) is 2.93. The minimum absolute atomic E-state index is 0.102. The van der Waals surface area contributed by atoms with E-state index in [1.807, 2.05) is 6.92 Å². The minimum Gasteiger partial charge on any atom is -0.393 e. The fourth-order valence-electron chi connectivity index (χ4n) is 2.17. The zero-order valence-electron chi connectivity index (χ0n) is 7.93. The average Bonchev–Trinajstić information content (AvgIpc) is 1.85. The normalized spacial score (nSPS) is 33.3. The lowest BCUT2D eigenvalue weighted by Crippen LogP contribution is -2.28. The quantitative estimate of drug-likeness (QED) is 0.618. The average molecular weight is 156 g/mol. The smallest absolute Gasteiger partial charge is 0.0540 e. The highest BCUT2D eigenvalue weighted by Gasteiger charge is 2.29. The van der Waals surface area contributed by atoms with Crippen molar-refractivity contribution in [3.63, 3.8) is 0 Å². The Labute approximate surface area is 69.8 Å². The van der Waals surface area contributed by atoms with E-state index in [9.17, 15) is 5.11 Å². The summed E-state index contributed by atoms with van der Waals surface area (Å²) in [5.41, 5.74) is 0.472. The molecule has 1 rings (SSSR count). The van der Waals surface area contributed by atoms with Crippen LogP contribution in [-0.2, 0) is 0 Å². The molecular formula is C10H20O. The van der Waals surface area contributed by atoms with Crippen molar-refractivity contribution < 1.29 is 5.11 Å². The van der Waals surface area contributed by atoms with Crippen LogP contribution in [0.25, 0.3) is 0 Å². The molecule has 0 aromatic rings. The molecule has 0 heterocycles. The first kappa shape index (κ1) is 9.05. The Kier molecular flexibility index (Phi) is 2.58. The van der Waals surface area contributed by atoms with Crippen LogP contribution in [0.3, 0.4) is 0 Å². The van der Waals surface area contributed by atoms with Gasteiger partial charge in [0.25, 0.3) is 0 Å². The first-order valence-electron chi connectivity index (χ1n) is 4.69. The maximum Gasteiger partial charge on any atom is 0.0540 e. The molecule has 1 aliphatic rings. The standard InChI is InChI=1S/C10H20O/c1-8(11)9-5-4-6-10(2,3)7-9/h8-9,11H,4-7H2,1-3H3/t8-,9-/m1/s1. The Bertz CT molecular complexity index is 127. The molecular weight excluding hydrogens is 136 g/mol. The number of aliphatic hydroxyl groups is 1. The van der Waals surface area contributed by atoms with E-state index >= 15 is 0 Å². The molecule has 0 bridgehead atoms. The summed E-state index contributed by atoms with van der Waals surface area (Å²) in [5.74, 6) is 0.554. The predicted octanol–water partition coefficient (Wildman–Crippen LogP) is 2.58. The molecule has 11 heavy (non-hydrogen) atoms. The molecule has 0 saturated heterocycles. The van der Waals surface area contributed by atoms with Crippen LogP contribution in [0.15, 0.2) is 0 Å². The zero-order chi connectivity index (χ0) is 8.48. The number of hydrogen-bond donors (Lipinski definition) is 1. The molecule has 1 nitrogen and oxygen atoms in total. The van der Waals surface area contributed by atoms with Gasteiger partial charge in [0.1, 0.15) is 0 Å². The van der Waals surface area contributed by atoms with Gasteiger partial charge >= 0.3 is 0 Å². The second kappa shape index (κ2) is 3.14. The van der Waals surface area contributed by atoms with Crippen LogP contribution in [-0.4, -0.2) is 11.2 Å². The van der Waals surface area contributed by atoms with E-state index in [-0.39, 0.29) is 6.10 Å². The van der Waals surface area contributed by atoms with Crippen LogP contribution in [0.4, 0.5) is 0 Å². The molecule has 0 radical (unpaired) electrons. The summed E-state index contributed by atoms with van der Waals surface area (Å²) in [5, 5.41) is 9.41. The number of rotatable bonds is 1. The van der Waals surface area contributed by atoms with Gasteiger partial charge in [-0.15, -0.1) is 0 Å². The monoisotopic (exact) mass is 156 g/mol. The summed E-state index contributed by atoms with van der Waals surface area (Å²) in [7, 11) is 0. The van der Waals surface area contributed by atoms with Crippen molar-refractivity contribution in [2.24, 2.45) is 11.3 Å². The van der Waals surface area contributed by atoms with Gasteiger partial charge in [0.15, 0.2) is 0 Å². The van der Waals surface area contributed by atoms with E-state index in [2.05, 4.69) is 13.8 Å². The Morgan fingerprint density at radius 2 is 2.09 bits per heavy atom. The van der Waals surface area contributed by atoms with Gasteiger partial charge in [0.05, 0.1) is 6.10 Å². The molecule has 0 amide bonds. The Morgan fingerprint density at radius 1 is 1.45 bits per heavy atom. The van der Waals surface area contributed by atoms with E-state index < -0.39 is 0 Å². The van der Waals surface area contributed by atoms with Gasteiger partial charge < -0.3 is 5.11 Å². The SMILES string of the molecule is C[C@@H](O)[C@@H]1CCCC(C)(C)C1. The van der Waals surface area contributed by atoms with Gasteiger partial charge in [0, 0.05) is 0 Å². The van der Waals surface area contributed by atoms with Crippen LogP contribution in [0, 0.1) is 11.3 Å². The van der Waals surface area contributed by atoms with E-state index in [0.29, 0.717) is 11.3 Å². The lowest BCUT2D eigenvalue weighted by Gasteiger charge is -2.36. The van der Waals surface area contributed by atoms with Crippen molar-refractivity contribution in [2.45, 2.75) is 52.6 Å². The highest BCUT2D eigenvalue weighted by Crippen LogP contribution is 2.39. The first-order chi connectivity index (χ1) is 5.01. The summed E-state index contributed by atoms with van der Waals surface area (Å²) < 4.78 is 0. The summed E-state index contributed by atoms with van der Waals surface area (Å²) >= 11 is 0. The lowest BCUT2D eigenvalue weighted by molar-refractivity contribution is 0.0588. The van der Waals surface area contributed by atoms with E-state index in [0.717, 1.165) is 0 Å². The van der Waals surface area contributed by atoms with Crippen molar-refractivity contribution in [1.29, 1.82) is 0 Å². The molecule has 1 fully saturated rings. The molecule has 0 aromatic carbocycles. The van der Waals surface area contributed by atoms with Gasteiger partial charge in [0.2, 0.25) is 0 Å². The maximum absolute atomic E-state index is 9.41. The Morgan fingerprint density at radius 3 is 2.45 bits per heavy atom. The molecule has 66 valence electrons. The van der Waals surface area contributed by atoms with Crippen LogP contribution in [0.1, 0.15) is 46.5 Å². The maximum atomic E-state index is 9.41. The topological polar surface area (TPSA) is 20.2 Å². The summed E-state index contributed by atoms with van der Waals surface area (Å²) in [6.45, 7) is 6.54. The van der Waals surface area contributed by atoms with Crippen molar-refractivity contribution in [3.8, 4) is 0 Å². The van der Waals surface area contributed by atoms with Crippen molar-refractivity contribution in [1.82, 2.24) is 0 Å². The molecule has 1 N–H and O–H groups in total. The molecule has 1 aliphatic carbocycles. The van der Waals surface area contributed by atoms with Gasteiger partial charge in [-0.25, -0.2) is 0 Å². The van der Waals surface area contributed by atoms with Crippen LogP contribution >= 0.6 is 0 Å². The fourth-order valence-corrected chi connectivity index (χ4v) is 2.17. The lowest BCUT2D eigenvalue weighted by atomic mass is 9.71. The largest absolute Gasteiger partial charge is 0.393 e. The van der Waals surface area contributed by atoms with Crippen LogP contribution < -0.4 is 0 Å². The summed E-state index contributed by atoms with van der Waals surface area (Å²) in [6.07, 6.45) is 4.94. The number of hydrogen-bond acceptors (Lipinski definition) is 1. The molecule has 2 atom stereocenters. The van der Waals surface area contributed by atoms with E-state index in [4.69, 9.17) is 0 Å². The second-order valence-electron chi connectivity index (χ2n) is 4.76. The van der Waals surface area contributed by atoms with E-state index in [1.54, 1.807) is 0 Å². The Hall–Kier alpha value is -0.0400. The van der Waals surface area contributed by atoms with Gasteiger partial charge in [-0.2, -0.15) is 0 Å². The van der Waals surface area contributed by atoms with Crippen molar-refractivity contribution in [2.75, 3.05) is 0 Å². The Balaban J connectivity index is 2.46. The van der Waals surface area contributed by atoms with Crippen molar-refractivity contribution >= 4 is 0 Å².